The lowest BCUT2D eigenvalue weighted by atomic mass is 9.81. The van der Waals surface area contributed by atoms with Crippen LogP contribution in [0.2, 0.25) is 0 Å². The van der Waals surface area contributed by atoms with Gasteiger partial charge in [0.05, 0.1) is 30.3 Å². The number of hydrogen-bond donors (Lipinski definition) is 0. The number of amides is 2. The smallest absolute Gasteiger partial charge is 0.311 e. The van der Waals surface area contributed by atoms with Crippen molar-refractivity contribution in [3.8, 4) is 5.75 Å². The summed E-state index contributed by atoms with van der Waals surface area (Å²) in [7, 11) is 1.28. The van der Waals surface area contributed by atoms with Crippen molar-refractivity contribution in [1.82, 2.24) is 4.90 Å². The van der Waals surface area contributed by atoms with Gasteiger partial charge in [-0.05, 0) is 43.2 Å². The van der Waals surface area contributed by atoms with Gasteiger partial charge < -0.3 is 9.47 Å². The van der Waals surface area contributed by atoms with Crippen LogP contribution in [0, 0.1) is 33.8 Å². The van der Waals surface area contributed by atoms with Gasteiger partial charge in [0.15, 0.2) is 12.4 Å². The number of imide groups is 1. The molecular weight excluding hydrogens is 408 g/mol. The van der Waals surface area contributed by atoms with E-state index in [1.165, 1.54) is 19.2 Å². The number of ketones is 1. The van der Waals surface area contributed by atoms with Crippen molar-refractivity contribution in [2.45, 2.75) is 25.7 Å². The third kappa shape index (κ3) is 3.66. The highest BCUT2D eigenvalue weighted by molar-refractivity contribution is 6.06. The number of ether oxygens (including phenoxy) is 2. The van der Waals surface area contributed by atoms with Crippen molar-refractivity contribution in [2.24, 2.45) is 23.7 Å². The fourth-order valence-corrected chi connectivity index (χ4v) is 5.20. The van der Waals surface area contributed by atoms with Gasteiger partial charge in [-0.1, -0.05) is 0 Å². The molecule has 0 aromatic heterocycles. The maximum absolute atomic E-state index is 12.6. The van der Waals surface area contributed by atoms with Crippen LogP contribution in [-0.4, -0.2) is 53.7 Å². The van der Waals surface area contributed by atoms with Crippen LogP contribution in [0.4, 0.5) is 5.69 Å². The number of nitro benzene ring substituents is 1. The van der Waals surface area contributed by atoms with Gasteiger partial charge >= 0.3 is 11.7 Å². The fraction of sp³-hybridized carbons (Fsp3) is 0.524. The zero-order valence-corrected chi connectivity index (χ0v) is 16.9. The zero-order valence-electron chi connectivity index (χ0n) is 16.9. The van der Waals surface area contributed by atoms with Crippen LogP contribution < -0.4 is 4.74 Å². The molecule has 4 rings (SSSR count). The standard InChI is InChI=1S/C21H22N2O8/c1-30-16-5-4-11(9-14(16)23(28)29)15(24)10-31-17(25)6-7-22-20(26)18-12-2-3-13(8-12)19(18)21(22)27/h4-5,9,12-13,18-19H,2-3,6-8,10H2,1H3/t12-,13-,18-,19-/m0/s1. The van der Waals surface area contributed by atoms with Crippen LogP contribution in [0.15, 0.2) is 18.2 Å². The average Bonchev–Trinajstić information content (AvgIpc) is 3.44. The molecule has 1 aromatic rings. The zero-order chi connectivity index (χ0) is 22.3. The Morgan fingerprint density at radius 2 is 1.81 bits per heavy atom. The number of fused-ring (bicyclic) bond motifs is 5. The van der Waals surface area contributed by atoms with Crippen molar-refractivity contribution >= 4 is 29.3 Å². The first kappa shape index (κ1) is 21.0. The van der Waals surface area contributed by atoms with Crippen LogP contribution in [0.1, 0.15) is 36.0 Å². The molecule has 3 aliphatic rings. The van der Waals surface area contributed by atoms with E-state index in [0.29, 0.717) is 0 Å². The van der Waals surface area contributed by atoms with Crippen molar-refractivity contribution in [2.75, 3.05) is 20.3 Å². The van der Waals surface area contributed by atoms with E-state index in [1.807, 2.05) is 0 Å². The molecule has 2 aliphatic carbocycles. The number of benzene rings is 1. The Hall–Kier alpha value is -3.30. The number of esters is 1. The minimum absolute atomic E-state index is 0.00787. The fourth-order valence-electron chi connectivity index (χ4n) is 5.20. The van der Waals surface area contributed by atoms with E-state index >= 15 is 0 Å². The van der Waals surface area contributed by atoms with Crippen molar-refractivity contribution in [3.05, 3.63) is 33.9 Å². The summed E-state index contributed by atoms with van der Waals surface area (Å²) in [5.41, 5.74) is -0.362. The van der Waals surface area contributed by atoms with E-state index < -0.39 is 23.3 Å². The Kier molecular flexibility index (Phi) is 5.47. The number of carbonyl (C=O) groups is 4. The van der Waals surface area contributed by atoms with E-state index in [-0.39, 0.29) is 65.5 Å². The Bertz CT molecular complexity index is 946. The normalized spacial score (nSPS) is 26.2. The SMILES string of the molecule is COc1ccc(C(=O)COC(=O)CCN2C(=O)[C@H]3[C@H]4CC[C@@H](C4)[C@@H]3C2=O)cc1[N+](=O)[O-]. The molecule has 4 atom stereocenters. The molecule has 1 aromatic carbocycles. The molecule has 0 unspecified atom stereocenters. The monoisotopic (exact) mass is 430 g/mol. The van der Waals surface area contributed by atoms with Gasteiger partial charge in [0.2, 0.25) is 17.6 Å². The summed E-state index contributed by atoms with van der Waals surface area (Å²) in [4.78, 5) is 61.1. The summed E-state index contributed by atoms with van der Waals surface area (Å²) < 4.78 is 9.84. The van der Waals surface area contributed by atoms with Crippen LogP contribution in [0.5, 0.6) is 5.75 Å². The number of Topliss-reactive ketones (excluding diaryl/α,β-unsaturated/α-hetero) is 1. The third-order valence-electron chi connectivity index (χ3n) is 6.62. The van der Waals surface area contributed by atoms with Gasteiger partial charge in [-0.25, -0.2) is 0 Å². The van der Waals surface area contributed by atoms with Crippen LogP contribution in [0.25, 0.3) is 0 Å². The van der Waals surface area contributed by atoms with Crippen LogP contribution >= 0.6 is 0 Å². The first-order valence-electron chi connectivity index (χ1n) is 10.2. The highest BCUT2D eigenvalue weighted by Crippen LogP contribution is 2.56. The molecule has 0 N–H and O–H groups in total. The van der Waals surface area contributed by atoms with Crippen LogP contribution in [0.3, 0.4) is 0 Å². The van der Waals surface area contributed by atoms with E-state index in [9.17, 15) is 29.3 Å². The minimum Gasteiger partial charge on any atom is -0.490 e. The molecule has 10 nitrogen and oxygen atoms in total. The Morgan fingerprint density at radius 3 is 2.39 bits per heavy atom. The number of nitro groups is 1. The lowest BCUT2D eigenvalue weighted by Gasteiger charge is -2.19. The van der Waals surface area contributed by atoms with Crippen molar-refractivity contribution in [1.29, 1.82) is 0 Å². The molecule has 31 heavy (non-hydrogen) atoms. The summed E-state index contributed by atoms with van der Waals surface area (Å²) in [5, 5.41) is 11.1. The summed E-state index contributed by atoms with van der Waals surface area (Å²) in [6.45, 7) is -0.662. The van der Waals surface area contributed by atoms with Gasteiger partial charge in [0.1, 0.15) is 0 Å². The molecule has 2 saturated carbocycles. The molecule has 0 radical (unpaired) electrons. The number of methoxy groups -OCH3 is 1. The Balaban J connectivity index is 1.30. The topological polar surface area (TPSA) is 133 Å². The molecule has 1 saturated heterocycles. The van der Waals surface area contributed by atoms with Gasteiger partial charge in [-0.2, -0.15) is 0 Å². The summed E-state index contributed by atoms with van der Waals surface area (Å²) in [5.74, 6) is -1.66. The number of likely N-dealkylation sites (tertiary alicyclic amines) is 1. The quantitative estimate of drug-likeness (QED) is 0.200. The number of hydrogen-bond acceptors (Lipinski definition) is 8. The highest BCUT2D eigenvalue weighted by atomic mass is 16.6. The number of carbonyl (C=O) groups excluding carboxylic acids is 4. The highest BCUT2D eigenvalue weighted by Gasteiger charge is 2.60. The second kappa shape index (κ2) is 8.09. The summed E-state index contributed by atoms with van der Waals surface area (Å²) in [6, 6.07) is 3.70. The lowest BCUT2D eigenvalue weighted by Crippen LogP contribution is -2.35. The van der Waals surface area contributed by atoms with E-state index in [0.717, 1.165) is 30.2 Å². The molecule has 1 aliphatic heterocycles. The molecule has 10 heteroatoms. The third-order valence-corrected chi connectivity index (χ3v) is 6.62. The maximum atomic E-state index is 12.6. The first-order chi connectivity index (χ1) is 14.8. The predicted octanol–water partition coefficient (Wildman–Crippen LogP) is 1.75. The number of nitrogens with zero attached hydrogens (tertiary/aromatic N) is 2. The largest absolute Gasteiger partial charge is 0.490 e. The molecule has 3 fully saturated rings. The molecule has 2 bridgehead atoms. The number of rotatable bonds is 8. The predicted molar refractivity (Wildman–Crippen MR) is 104 cm³/mol. The van der Waals surface area contributed by atoms with Gasteiger partial charge in [-0.15, -0.1) is 0 Å². The molecule has 1 heterocycles. The summed E-state index contributed by atoms with van der Waals surface area (Å²) >= 11 is 0. The molecule has 164 valence electrons. The molecular formula is C21H22N2O8. The van der Waals surface area contributed by atoms with Gasteiger partial charge in [-0.3, -0.25) is 34.2 Å². The second-order valence-corrected chi connectivity index (χ2v) is 8.19. The Labute approximate surface area is 177 Å². The maximum Gasteiger partial charge on any atom is 0.311 e. The van der Waals surface area contributed by atoms with E-state index in [2.05, 4.69) is 0 Å². The molecule has 2 amide bonds. The molecule has 0 spiro atoms. The van der Waals surface area contributed by atoms with Gasteiger partial charge in [0, 0.05) is 18.2 Å². The average molecular weight is 430 g/mol. The Morgan fingerprint density at radius 1 is 1.16 bits per heavy atom. The van der Waals surface area contributed by atoms with Crippen molar-refractivity contribution < 1.29 is 33.6 Å². The second-order valence-electron chi connectivity index (χ2n) is 8.19. The summed E-state index contributed by atoms with van der Waals surface area (Å²) in [6.07, 6.45) is 2.69. The van der Waals surface area contributed by atoms with E-state index in [1.54, 1.807) is 0 Å². The van der Waals surface area contributed by atoms with Gasteiger partial charge in [0.25, 0.3) is 0 Å². The lowest BCUT2D eigenvalue weighted by molar-refractivity contribution is -0.385. The van der Waals surface area contributed by atoms with E-state index in [4.69, 9.17) is 9.47 Å². The first-order valence-corrected chi connectivity index (χ1v) is 10.2. The minimum atomic E-state index is -0.725. The van der Waals surface area contributed by atoms with Crippen molar-refractivity contribution in [3.63, 3.8) is 0 Å². The van der Waals surface area contributed by atoms with Crippen LogP contribution in [-0.2, 0) is 19.1 Å².